The summed E-state index contributed by atoms with van der Waals surface area (Å²) in [5.41, 5.74) is 1.11. The highest BCUT2D eigenvalue weighted by Crippen LogP contribution is 2.39. The van der Waals surface area contributed by atoms with E-state index in [-0.39, 0.29) is 0 Å². The maximum atomic E-state index is 4.78. The normalized spacial score (nSPS) is 15.8. The van der Waals surface area contributed by atoms with Crippen molar-refractivity contribution < 1.29 is 0 Å². The van der Waals surface area contributed by atoms with Gasteiger partial charge in [-0.05, 0) is 28.8 Å². The van der Waals surface area contributed by atoms with E-state index < -0.39 is 0 Å². The van der Waals surface area contributed by atoms with E-state index >= 15 is 0 Å². The van der Waals surface area contributed by atoms with Crippen LogP contribution in [-0.4, -0.2) is 26.6 Å². The molecule has 1 N–H and O–H groups in total. The summed E-state index contributed by atoms with van der Waals surface area (Å²) in [5.74, 6) is 2.85. The van der Waals surface area contributed by atoms with E-state index in [0.717, 1.165) is 21.8 Å². The van der Waals surface area contributed by atoms with Gasteiger partial charge in [0.15, 0.2) is 11.6 Å². The molecule has 5 nitrogen and oxygen atoms in total. The minimum absolute atomic E-state index is 0.526. The molecule has 20 heavy (non-hydrogen) atoms. The Morgan fingerprint density at radius 3 is 2.65 bits per heavy atom. The molecule has 1 fully saturated rings. The number of nitrogens with one attached hydrogen (secondary N) is 1. The van der Waals surface area contributed by atoms with Crippen molar-refractivity contribution in [2.75, 3.05) is 12.4 Å². The molecule has 0 bridgehead atoms. The smallest absolute Gasteiger partial charge is 0.198 e. The Morgan fingerprint density at radius 1 is 1.30 bits per heavy atom. The second-order valence-corrected chi connectivity index (χ2v) is 5.98. The Morgan fingerprint density at radius 2 is 2.05 bits per heavy atom. The average molecular weight is 336 g/mol. The molecule has 3 rings (SSSR count). The second kappa shape index (κ2) is 5.52. The van der Waals surface area contributed by atoms with Crippen LogP contribution < -0.4 is 5.32 Å². The Balaban J connectivity index is 2.12. The van der Waals surface area contributed by atoms with E-state index in [4.69, 9.17) is 4.98 Å². The van der Waals surface area contributed by atoms with Gasteiger partial charge in [-0.1, -0.05) is 12.8 Å². The van der Waals surface area contributed by atoms with Gasteiger partial charge in [0.1, 0.15) is 5.82 Å². The van der Waals surface area contributed by atoms with Gasteiger partial charge >= 0.3 is 0 Å². The number of halogens is 1. The highest BCUT2D eigenvalue weighted by atomic mass is 79.9. The lowest BCUT2D eigenvalue weighted by Gasteiger charge is -2.15. The van der Waals surface area contributed by atoms with E-state index in [0.29, 0.717) is 11.7 Å². The molecule has 0 unspecified atom stereocenters. The second-order valence-electron chi connectivity index (χ2n) is 5.19. The lowest BCUT2D eigenvalue weighted by molar-refractivity contribution is 0.690. The van der Waals surface area contributed by atoms with Crippen molar-refractivity contribution in [1.82, 2.24) is 19.5 Å². The van der Waals surface area contributed by atoms with E-state index in [1.165, 1.54) is 25.7 Å². The summed E-state index contributed by atoms with van der Waals surface area (Å²) < 4.78 is 2.94. The van der Waals surface area contributed by atoms with Crippen LogP contribution in [0.3, 0.4) is 0 Å². The Kier molecular flexibility index (Phi) is 3.74. The predicted molar refractivity (Wildman–Crippen MR) is 82.7 cm³/mol. The van der Waals surface area contributed by atoms with Crippen molar-refractivity contribution in [2.24, 2.45) is 7.05 Å². The topological polar surface area (TPSA) is 55.6 Å². The van der Waals surface area contributed by atoms with Crippen LogP contribution in [0.4, 0.5) is 5.82 Å². The van der Waals surface area contributed by atoms with Crippen molar-refractivity contribution in [2.45, 2.75) is 31.6 Å². The Hall–Kier alpha value is -1.43. The van der Waals surface area contributed by atoms with Gasteiger partial charge < -0.3 is 9.88 Å². The molecule has 0 saturated heterocycles. The maximum absolute atomic E-state index is 4.78. The molecule has 0 amide bonds. The number of hydrogen-bond donors (Lipinski definition) is 1. The van der Waals surface area contributed by atoms with Crippen LogP contribution in [0.15, 0.2) is 16.9 Å². The fourth-order valence-electron chi connectivity index (χ4n) is 2.78. The summed E-state index contributed by atoms with van der Waals surface area (Å²) in [5, 5.41) is 3.15. The van der Waals surface area contributed by atoms with Crippen LogP contribution in [0.1, 0.15) is 37.3 Å². The molecule has 2 aromatic heterocycles. The summed E-state index contributed by atoms with van der Waals surface area (Å²) in [6.07, 6.45) is 8.67. The molecular weight excluding hydrogens is 318 g/mol. The van der Waals surface area contributed by atoms with E-state index in [1.807, 2.05) is 24.9 Å². The molecule has 2 heterocycles. The largest absolute Gasteiger partial charge is 0.372 e. The maximum Gasteiger partial charge on any atom is 0.198 e. The van der Waals surface area contributed by atoms with Crippen molar-refractivity contribution in [1.29, 1.82) is 0 Å². The van der Waals surface area contributed by atoms with E-state index in [2.05, 4.69) is 31.2 Å². The summed E-state index contributed by atoms with van der Waals surface area (Å²) in [6.45, 7) is 0. The van der Waals surface area contributed by atoms with Gasteiger partial charge in [-0.2, -0.15) is 0 Å². The van der Waals surface area contributed by atoms with Crippen molar-refractivity contribution in [3.05, 3.63) is 22.6 Å². The van der Waals surface area contributed by atoms with Crippen molar-refractivity contribution in [3.63, 3.8) is 0 Å². The third kappa shape index (κ3) is 2.32. The summed E-state index contributed by atoms with van der Waals surface area (Å²) in [6, 6.07) is 0. The van der Waals surface area contributed by atoms with Crippen LogP contribution in [0.25, 0.3) is 11.6 Å². The summed E-state index contributed by atoms with van der Waals surface area (Å²) in [7, 11) is 3.84. The Bertz CT molecular complexity index is 616. The fourth-order valence-corrected chi connectivity index (χ4v) is 3.48. The minimum Gasteiger partial charge on any atom is -0.372 e. The standard InChI is InChI=1S/C14H18BrN5/c1-16-12-10(15)11(9-5-3-4-6-9)18-13(19-12)14-17-7-8-20(14)2/h7-9H,3-6H2,1-2H3,(H,16,18,19). The number of aromatic nitrogens is 4. The van der Waals surface area contributed by atoms with Crippen molar-refractivity contribution in [3.8, 4) is 11.6 Å². The average Bonchev–Trinajstić information content (AvgIpc) is 3.10. The number of hydrogen-bond acceptors (Lipinski definition) is 4. The van der Waals surface area contributed by atoms with Crippen molar-refractivity contribution >= 4 is 21.7 Å². The number of rotatable bonds is 3. The number of imidazole rings is 1. The van der Waals surface area contributed by atoms with E-state index in [1.54, 1.807) is 6.20 Å². The van der Waals surface area contributed by atoms with Crippen LogP contribution >= 0.6 is 15.9 Å². The van der Waals surface area contributed by atoms with Gasteiger partial charge in [0, 0.05) is 32.4 Å². The zero-order valence-corrected chi connectivity index (χ0v) is 13.3. The predicted octanol–water partition coefficient (Wildman–Crippen LogP) is 3.34. The van der Waals surface area contributed by atoms with Crippen LogP contribution in [0, 0.1) is 0 Å². The zero-order valence-electron chi connectivity index (χ0n) is 11.7. The van der Waals surface area contributed by atoms with Gasteiger partial charge in [-0.25, -0.2) is 15.0 Å². The quantitative estimate of drug-likeness (QED) is 0.934. The number of aryl methyl sites for hydroxylation is 1. The zero-order chi connectivity index (χ0) is 14.1. The monoisotopic (exact) mass is 335 g/mol. The van der Waals surface area contributed by atoms with Crippen LogP contribution in [0.2, 0.25) is 0 Å². The molecule has 1 saturated carbocycles. The molecular formula is C14H18BrN5. The lowest BCUT2D eigenvalue weighted by atomic mass is 10.0. The molecule has 2 aromatic rings. The third-order valence-corrected chi connectivity index (χ3v) is 4.66. The lowest BCUT2D eigenvalue weighted by Crippen LogP contribution is -2.07. The molecule has 6 heteroatoms. The first-order chi connectivity index (χ1) is 9.70. The highest BCUT2D eigenvalue weighted by molar-refractivity contribution is 9.10. The van der Waals surface area contributed by atoms with Crippen LogP contribution in [-0.2, 0) is 7.05 Å². The summed E-state index contributed by atoms with van der Waals surface area (Å²) in [4.78, 5) is 13.7. The van der Waals surface area contributed by atoms with Gasteiger partial charge in [0.2, 0.25) is 0 Å². The van der Waals surface area contributed by atoms with Crippen LogP contribution in [0.5, 0.6) is 0 Å². The fraction of sp³-hybridized carbons (Fsp3) is 0.500. The molecule has 1 aliphatic rings. The van der Waals surface area contributed by atoms with Gasteiger partial charge in [0.25, 0.3) is 0 Å². The van der Waals surface area contributed by atoms with E-state index in [9.17, 15) is 0 Å². The molecule has 0 aromatic carbocycles. The number of anilines is 1. The first-order valence-corrected chi connectivity index (χ1v) is 7.73. The molecule has 0 radical (unpaired) electrons. The molecule has 0 spiro atoms. The summed E-state index contributed by atoms with van der Waals surface area (Å²) >= 11 is 3.65. The number of nitrogens with zero attached hydrogens (tertiary/aromatic N) is 4. The molecule has 0 aliphatic heterocycles. The SMILES string of the molecule is CNc1nc(-c2nccn2C)nc(C2CCCC2)c1Br. The Labute approximate surface area is 127 Å². The first-order valence-electron chi connectivity index (χ1n) is 6.93. The van der Waals surface area contributed by atoms with Gasteiger partial charge in [-0.3, -0.25) is 0 Å². The molecule has 0 atom stereocenters. The molecule has 106 valence electrons. The van der Waals surface area contributed by atoms with Gasteiger partial charge in [-0.15, -0.1) is 0 Å². The highest BCUT2D eigenvalue weighted by Gasteiger charge is 2.24. The third-order valence-electron chi connectivity index (χ3n) is 3.88. The first kappa shape index (κ1) is 13.5. The van der Waals surface area contributed by atoms with Gasteiger partial charge in [0.05, 0.1) is 10.2 Å². The minimum atomic E-state index is 0.526. The molecule has 1 aliphatic carbocycles.